The molecule has 2 aromatic rings. The van der Waals surface area contributed by atoms with Gasteiger partial charge in [-0.1, -0.05) is 6.07 Å². The molecular weight excluding hydrogens is 237 g/mol. The highest BCUT2D eigenvalue weighted by Crippen LogP contribution is 2.13. The Morgan fingerprint density at radius 2 is 2.33 bits per heavy atom. The number of aryl methyl sites for hydroxylation is 1. The lowest BCUT2D eigenvalue weighted by molar-refractivity contribution is 0.102. The number of nitrogens with one attached hydrogen (secondary N) is 1. The SMILES string of the molecule is Cn1ncc(C#N)c1NC(=O)c1cccc(F)n1. The average molecular weight is 245 g/mol. The van der Waals surface area contributed by atoms with Gasteiger partial charge in [-0.3, -0.25) is 9.48 Å². The second-order valence-corrected chi connectivity index (χ2v) is 3.44. The topological polar surface area (TPSA) is 83.6 Å². The first-order valence-electron chi connectivity index (χ1n) is 4.98. The van der Waals surface area contributed by atoms with E-state index in [-0.39, 0.29) is 17.1 Å². The maximum atomic E-state index is 12.9. The number of pyridine rings is 1. The molecule has 6 nitrogen and oxygen atoms in total. The Hall–Kier alpha value is -2.75. The fraction of sp³-hybridized carbons (Fsp3) is 0.0909. The summed E-state index contributed by atoms with van der Waals surface area (Å²) in [6.07, 6.45) is 1.33. The molecule has 0 atom stereocenters. The van der Waals surface area contributed by atoms with Crippen LogP contribution in [0.3, 0.4) is 0 Å². The quantitative estimate of drug-likeness (QED) is 0.802. The number of carbonyl (C=O) groups excluding carboxylic acids is 1. The van der Waals surface area contributed by atoms with E-state index in [1.54, 1.807) is 7.05 Å². The molecule has 0 aliphatic carbocycles. The number of carbonyl (C=O) groups is 1. The van der Waals surface area contributed by atoms with Gasteiger partial charge in [0.15, 0.2) is 0 Å². The van der Waals surface area contributed by atoms with Gasteiger partial charge >= 0.3 is 0 Å². The zero-order chi connectivity index (χ0) is 13.1. The molecule has 0 aliphatic rings. The van der Waals surface area contributed by atoms with Gasteiger partial charge in [0, 0.05) is 7.05 Å². The average Bonchev–Trinajstić information content (AvgIpc) is 2.70. The summed E-state index contributed by atoms with van der Waals surface area (Å²) in [5.74, 6) is -1.10. The molecule has 0 aliphatic heterocycles. The first-order chi connectivity index (χ1) is 8.61. The molecule has 0 radical (unpaired) electrons. The molecule has 90 valence electrons. The van der Waals surface area contributed by atoms with Crippen molar-refractivity contribution in [3.63, 3.8) is 0 Å². The first-order valence-corrected chi connectivity index (χ1v) is 4.98. The molecule has 0 spiro atoms. The Kier molecular flexibility index (Phi) is 3.02. The molecular formula is C11H8FN5O. The smallest absolute Gasteiger partial charge is 0.275 e. The van der Waals surface area contributed by atoms with Crippen molar-refractivity contribution in [2.75, 3.05) is 5.32 Å². The van der Waals surface area contributed by atoms with Crippen molar-refractivity contribution >= 4 is 11.7 Å². The van der Waals surface area contributed by atoms with E-state index in [0.717, 1.165) is 6.07 Å². The summed E-state index contributed by atoms with van der Waals surface area (Å²) in [7, 11) is 1.58. The zero-order valence-corrected chi connectivity index (χ0v) is 9.38. The molecule has 0 unspecified atom stereocenters. The van der Waals surface area contributed by atoms with E-state index in [1.165, 1.54) is 23.0 Å². The van der Waals surface area contributed by atoms with Gasteiger partial charge in [0.05, 0.1) is 6.20 Å². The number of nitriles is 1. The van der Waals surface area contributed by atoms with E-state index in [2.05, 4.69) is 15.4 Å². The lowest BCUT2D eigenvalue weighted by atomic mass is 10.3. The number of amides is 1. The molecule has 2 rings (SSSR count). The number of halogens is 1. The molecule has 18 heavy (non-hydrogen) atoms. The Morgan fingerprint density at radius 1 is 1.56 bits per heavy atom. The van der Waals surface area contributed by atoms with Gasteiger partial charge in [0.2, 0.25) is 5.95 Å². The lowest BCUT2D eigenvalue weighted by Gasteiger charge is -2.05. The minimum atomic E-state index is -0.742. The minimum Gasteiger partial charge on any atom is -0.304 e. The second-order valence-electron chi connectivity index (χ2n) is 3.44. The summed E-state index contributed by atoms with van der Waals surface area (Å²) in [5.41, 5.74) is 0.155. The van der Waals surface area contributed by atoms with E-state index in [1.807, 2.05) is 6.07 Å². The molecule has 0 aromatic carbocycles. The molecule has 1 N–H and O–H groups in total. The number of hydrogen-bond acceptors (Lipinski definition) is 4. The van der Waals surface area contributed by atoms with E-state index >= 15 is 0 Å². The van der Waals surface area contributed by atoms with Gasteiger partial charge in [0.25, 0.3) is 5.91 Å². The number of hydrogen-bond donors (Lipinski definition) is 1. The third kappa shape index (κ3) is 2.17. The molecule has 7 heteroatoms. The Balaban J connectivity index is 2.27. The van der Waals surface area contributed by atoms with Crippen molar-refractivity contribution in [2.45, 2.75) is 0 Å². The summed E-state index contributed by atoms with van der Waals surface area (Å²) in [6, 6.07) is 5.79. The van der Waals surface area contributed by atoms with Crippen LogP contribution in [-0.2, 0) is 7.05 Å². The largest absolute Gasteiger partial charge is 0.304 e. The molecule has 2 aromatic heterocycles. The monoisotopic (exact) mass is 245 g/mol. The van der Waals surface area contributed by atoms with Crippen LogP contribution in [-0.4, -0.2) is 20.7 Å². The maximum absolute atomic E-state index is 12.9. The van der Waals surface area contributed by atoms with Crippen LogP contribution >= 0.6 is 0 Å². The van der Waals surface area contributed by atoms with Crippen LogP contribution in [0.5, 0.6) is 0 Å². The molecule has 0 saturated carbocycles. The van der Waals surface area contributed by atoms with E-state index < -0.39 is 11.9 Å². The van der Waals surface area contributed by atoms with Crippen molar-refractivity contribution in [1.29, 1.82) is 5.26 Å². The fourth-order valence-electron chi connectivity index (χ4n) is 1.37. The maximum Gasteiger partial charge on any atom is 0.275 e. The van der Waals surface area contributed by atoms with Crippen LogP contribution in [0.1, 0.15) is 16.1 Å². The summed E-state index contributed by atoms with van der Waals surface area (Å²) in [5, 5.41) is 15.1. The van der Waals surface area contributed by atoms with Crippen molar-refractivity contribution in [1.82, 2.24) is 14.8 Å². The van der Waals surface area contributed by atoms with Crippen LogP contribution in [0.4, 0.5) is 10.2 Å². The lowest BCUT2D eigenvalue weighted by Crippen LogP contribution is -2.17. The number of nitrogens with zero attached hydrogens (tertiary/aromatic N) is 4. The highest BCUT2D eigenvalue weighted by molar-refractivity contribution is 6.02. The molecule has 2 heterocycles. The minimum absolute atomic E-state index is 0.0694. The van der Waals surface area contributed by atoms with Gasteiger partial charge in [0.1, 0.15) is 23.1 Å². The third-order valence-corrected chi connectivity index (χ3v) is 2.24. The molecule has 0 saturated heterocycles. The van der Waals surface area contributed by atoms with Gasteiger partial charge < -0.3 is 5.32 Å². The van der Waals surface area contributed by atoms with Gasteiger partial charge in [-0.15, -0.1) is 0 Å². The number of rotatable bonds is 2. The zero-order valence-electron chi connectivity index (χ0n) is 9.38. The van der Waals surface area contributed by atoms with Crippen molar-refractivity contribution < 1.29 is 9.18 Å². The summed E-state index contributed by atoms with van der Waals surface area (Å²) >= 11 is 0. The van der Waals surface area contributed by atoms with Crippen molar-refractivity contribution in [3.05, 3.63) is 41.6 Å². The second kappa shape index (κ2) is 4.63. The van der Waals surface area contributed by atoms with E-state index in [9.17, 15) is 9.18 Å². The van der Waals surface area contributed by atoms with Crippen LogP contribution in [0.25, 0.3) is 0 Å². The van der Waals surface area contributed by atoms with E-state index in [4.69, 9.17) is 5.26 Å². The van der Waals surface area contributed by atoms with Gasteiger partial charge in [-0.05, 0) is 12.1 Å². The third-order valence-electron chi connectivity index (χ3n) is 2.24. The molecule has 0 bridgehead atoms. The number of aromatic nitrogens is 3. The Labute approximate surface area is 102 Å². The number of anilines is 1. The predicted molar refractivity (Wildman–Crippen MR) is 60.1 cm³/mol. The molecule has 1 amide bonds. The molecule has 0 fully saturated rings. The highest BCUT2D eigenvalue weighted by Gasteiger charge is 2.14. The normalized spacial score (nSPS) is 9.83. The van der Waals surface area contributed by atoms with Gasteiger partial charge in [-0.2, -0.15) is 14.8 Å². The summed E-state index contributed by atoms with van der Waals surface area (Å²) in [6.45, 7) is 0. The first kappa shape index (κ1) is 11.7. The van der Waals surface area contributed by atoms with E-state index in [0.29, 0.717) is 0 Å². The van der Waals surface area contributed by atoms with Gasteiger partial charge in [-0.25, -0.2) is 4.98 Å². The fourth-order valence-corrected chi connectivity index (χ4v) is 1.37. The van der Waals surface area contributed by atoms with Crippen LogP contribution in [0.2, 0.25) is 0 Å². The van der Waals surface area contributed by atoms with Crippen LogP contribution in [0, 0.1) is 17.3 Å². The highest BCUT2D eigenvalue weighted by atomic mass is 19.1. The Morgan fingerprint density at radius 3 is 3.00 bits per heavy atom. The summed E-state index contributed by atoms with van der Waals surface area (Å²) < 4.78 is 14.2. The van der Waals surface area contributed by atoms with Crippen molar-refractivity contribution in [3.8, 4) is 6.07 Å². The van der Waals surface area contributed by atoms with Crippen LogP contribution < -0.4 is 5.32 Å². The predicted octanol–water partition coefficient (Wildman–Crippen LogP) is 1.08. The van der Waals surface area contributed by atoms with Crippen molar-refractivity contribution in [2.24, 2.45) is 7.05 Å². The Bertz CT molecular complexity index is 643. The summed E-state index contributed by atoms with van der Waals surface area (Å²) in [4.78, 5) is 15.2. The standard InChI is InChI=1S/C11H8FN5O/c1-17-10(7(5-13)6-14-17)16-11(18)8-3-2-4-9(12)15-8/h2-4,6H,1H3,(H,16,18). The van der Waals surface area contributed by atoms with Crippen LogP contribution in [0.15, 0.2) is 24.4 Å².